The molecule has 0 radical (unpaired) electrons. The number of carbonyl (C=O) groups is 2. The molecule has 0 saturated heterocycles. The monoisotopic (exact) mass is 412 g/mol. The molecule has 3 aromatic carbocycles. The van der Waals surface area contributed by atoms with E-state index in [2.05, 4.69) is 10.6 Å². The van der Waals surface area contributed by atoms with Crippen LogP contribution in [0.15, 0.2) is 66.7 Å². The molecule has 0 heterocycles. The molecule has 29 heavy (non-hydrogen) atoms. The van der Waals surface area contributed by atoms with Gasteiger partial charge in [-0.25, -0.2) is 4.39 Å². The molecule has 0 atom stereocenters. The minimum Gasteiger partial charge on any atom is -0.496 e. The van der Waals surface area contributed by atoms with Crippen molar-refractivity contribution < 1.29 is 18.7 Å². The predicted molar refractivity (Wildman–Crippen MR) is 110 cm³/mol. The number of amides is 2. The van der Waals surface area contributed by atoms with Gasteiger partial charge in [-0.05, 0) is 54.1 Å². The lowest BCUT2D eigenvalue weighted by atomic mass is 10.1. The van der Waals surface area contributed by atoms with Crippen LogP contribution in [0, 0.1) is 5.82 Å². The summed E-state index contributed by atoms with van der Waals surface area (Å²) < 4.78 is 18.5. The van der Waals surface area contributed by atoms with Crippen molar-refractivity contribution in [2.24, 2.45) is 0 Å². The lowest BCUT2D eigenvalue weighted by Crippen LogP contribution is -2.23. The molecule has 2 amide bonds. The number of benzene rings is 3. The summed E-state index contributed by atoms with van der Waals surface area (Å²) in [5, 5.41) is 5.94. The van der Waals surface area contributed by atoms with Crippen LogP contribution in [0.1, 0.15) is 26.3 Å². The molecule has 0 spiro atoms. The van der Waals surface area contributed by atoms with Crippen molar-refractivity contribution in [2.45, 2.75) is 6.54 Å². The smallest absolute Gasteiger partial charge is 0.255 e. The molecule has 0 aromatic heterocycles. The third-order valence-electron chi connectivity index (χ3n) is 4.13. The van der Waals surface area contributed by atoms with Gasteiger partial charge in [0.1, 0.15) is 11.6 Å². The van der Waals surface area contributed by atoms with E-state index in [4.69, 9.17) is 16.3 Å². The molecule has 0 fully saturated rings. The Morgan fingerprint density at radius 3 is 2.55 bits per heavy atom. The van der Waals surface area contributed by atoms with Crippen LogP contribution < -0.4 is 15.4 Å². The second-order valence-corrected chi connectivity index (χ2v) is 6.63. The van der Waals surface area contributed by atoms with Crippen molar-refractivity contribution in [2.75, 3.05) is 12.4 Å². The first-order chi connectivity index (χ1) is 14.0. The van der Waals surface area contributed by atoms with Gasteiger partial charge in [0.15, 0.2) is 0 Å². The zero-order chi connectivity index (χ0) is 20.8. The first kappa shape index (κ1) is 20.4. The van der Waals surface area contributed by atoms with Crippen molar-refractivity contribution in [1.82, 2.24) is 5.32 Å². The fourth-order valence-corrected chi connectivity index (χ4v) is 2.90. The topological polar surface area (TPSA) is 67.4 Å². The Labute approximate surface area is 172 Å². The fourth-order valence-electron chi connectivity index (χ4n) is 2.73. The van der Waals surface area contributed by atoms with E-state index in [1.54, 1.807) is 30.3 Å². The number of hydrogen-bond donors (Lipinski definition) is 2. The number of ether oxygens (including phenoxy) is 1. The number of anilines is 1. The first-order valence-electron chi connectivity index (χ1n) is 8.74. The van der Waals surface area contributed by atoms with Gasteiger partial charge >= 0.3 is 0 Å². The van der Waals surface area contributed by atoms with Gasteiger partial charge in [0.25, 0.3) is 11.8 Å². The molecule has 3 aromatic rings. The summed E-state index contributed by atoms with van der Waals surface area (Å²) in [6, 6.07) is 17.2. The van der Waals surface area contributed by atoms with Gasteiger partial charge in [0, 0.05) is 22.8 Å². The standard InChI is InChI=1S/C22H18ClFN2O3/c1-29-20-9-8-16(23)12-19(20)22(28)25-13-14-4-2-7-18(10-14)26-21(27)15-5-3-6-17(24)11-15/h2-12H,13H2,1H3,(H,25,28)(H,26,27). The largest absolute Gasteiger partial charge is 0.496 e. The maximum atomic E-state index is 13.3. The molecular weight excluding hydrogens is 395 g/mol. The molecule has 0 aliphatic carbocycles. The average molecular weight is 413 g/mol. The van der Waals surface area contributed by atoms with Gasteiger partial charge in [-0.15, -0.1) is 0 Å². The lowest BCUT2D eigenvalue weighted by Gasteiger charge is -2.11. The van der Waals surface area contributed by atoms with E-state index in [1.165, 1.54) is 31.4 Å². The molecule has 0 unspecified atom stereocenters. The predicted octanol–water partition coefficient (Wildman–Crippen LogP) is 4.67. The minimum atomic E-state index is -0.481. The highest BCUT2D eigenvalue weighted by atomic mass is 35.5. The third kappa shape index (κ3) is 5.33. The molecule has 0 aliphatic rings. The van der Waals surface area contributed by atoms with Crippen molar-refractivity contribution >= 4 is 29.1 Å². The summed E-state index contributed by atoms with van der Waals surface area (Å²) in [7, 11) is 1.48. The Bertz CT molecular complexity index is 1060. The summed E-state index contributed by atoms with van der Waals surface area (Å²) in [6.45, 7) is 0.234. The average Bonchev–Trinajstić information content (AvgIpc) is 2.72. The Morgan fingerprint density at radius 1 is 1.00 bits per heavy atom. The molecule has 2 N–H and O–H groups in total. The van der Waals surface area contributed by atoms with Gasteiger partial charge in [0.2, 0.25) is 0 Å². The molecule has 0 aliphatic heterocycles. The van der Waals surface area contributed by atoms with Gasteiger partial charge in [-0.1, -0.05) is 29.8 Å². The van der Waals surface area contributed by atoms with E-state index in [0.717, 1.165) is 11.6 Å². The molecule has 148 valence electrons. The van der Waals surface area contributed by atoms with Crippen LogP contribution in [0.2, 0.25) is 5.02 Å². The van der Waals surface area contributed by atoms with Crippen molar-refractivity contribution in [3.8, 4) is 5.75 Å². The maximum Gasteiger partial charge on any atom is 0.255 e. The van der Waals surface area contributed by atoms with Crippen LogP contribution in [0.25, 0.3) is 0 Å². The Hall–Kier alpha value is -3.38. The molecule has 0 saturated carbocycles. The SMILES string of the molecule is COc1ccc(Cl)cc1C(=O)NCc1cccc(NC(=O)c2cccc(F)c2)c1. The molecule has 3 rings (SSSR count). The minimum absolute atomic E-state index is 0.219. The zero-order valence-corrected chi connectivity index (χ0v) is 16.3. The van der Waals surface area contributed by atoms with Crippen LogP contribution in [-0.2, 0) is 6.54 Å². The summed E-state index contributed by atoms with van der Waals surface area (Å²) in [5.41, 5.74) is 1.86. The number of carbonyl (C=O) groups excluding carboxylic acids is 2. The van der Waals surface area contributed by atoms with Crippen LogP contribution in [-0.4, -0.2) is 18.9 Å². The van der Waals surface area contributed by atoms with Crippen LogP contribution in [0.5, 0.6) is 5.75 Å². The van der Waals surface area contributed by atoms with Crippen LogP contribution in [0.3, 0.4) is 0 Å². The number of nitrogens with one attached hydrogen (secondary N) is 2. The second-order valence-electron chi connectivity index (χ2n) is 6.19. The highest BCUT2D eigenvalue weighted by Crippen LogP contribution is 2.22. The van der Waals surface area contributed by atoms with Crippen molar-refractivity contribution in [1.29, 1.82) is 0 Å². The second kappa shape index (κ2) is 9.21. The molecule has 7 heteroatoms. The first-order valence-corrected chi connectivity index (χ1v) is 9.11. The van der Waals surface area contributed by atoms with E-state index in [-0.39, 0.29) is 18.0 Å². The van der Waals surface area contributed by atoms with E-state index in [9.17, 15) is 14.0 Å². The number of rotatable bonds is 6. The fraction of sp³-hybridized carbons (Fsp3) is 0.0909. The van der Waals surface area contributed by atoms with E-state index < -0.39 is 11.7 Å². The molecular formula is C22H18ClFN2O3. The summed E-state index contributed by atoms with van der Waals surface area (Å²) in [6.07, 6.45) is 0. The van der Waals surface area contributed by atoms with E-state index in [1.807, 2.05) is 6.07 Å². The Balaban J connectivity index is 1.66. The van der Waals surface area contributed by atoms with Gasteiger partial charge in [-0.3, -0.25) is 9.59 Å². The Morgan fingerprint density at radius 2 is 1.79 bits per heavy atom. The van der Waals surface area contributed by atoms with E-state index >= 15 is 0 Å². The number of halogens is 2. The van der Waals surface area contributed by atoms with Crippen molar-refractivity contribution in [3.05, 3.63) is 94.3 Å². The number of hydrogen-bond acceptors (Lipinski definition) is 3. The van der Waals surface area contributed by atoms with E-state index in [0.29, 0.717) is 22.0 Å². The number of methoxy groups -OCH3 is 1. The quantitative estimate of drug-likeness (QED) is 0.618. The summed E-state index contributed by atoms with van der Waals surface area (Å²) in [4.78, 5) is 24.7. The van der Waals surface area contributed by atoms with Crippen LogP contribution in [0.4, 0.5) is 10.1 Å². The van der Waals surface area contributed by atoms with Gasteiger partial charge in [0.05, 0.1) is 12.7 Å². The van der Waals surface area contributed by atoms with Gasteiger partial charge < -0.3 is 15.4 Å². The normalized spacial score (nSPS) is 10.3. The Kier molecular flexibility index (Phi) is 6.46. The highest BCUT2D eigenvalue weighted by Gasteiger charge is 2.13. The third-order valence-corrected chi connectivity index (χ3v) is 4.37. The van der Waals surface area contributed by atoms with Crippen molar-refractivity contribution in [3.63, 3.8) is 0 Å². The summed E-state index contributed by atoms with van der Waals surface area (Å²) in [5.74, 6) is -0.818. The van der Waals surface area contributed by atoms with Gasteiger partial charge in [-0.2, -0.15) is 0 Å². The zero-order valence-electron chi connectivity index (χ0n) is 15.5. The summed E-state index contributed by atoms with van der Waals surface area (Å²) >= 11 is 5.97. The molecule has 5 nitrogen and oxygen atoms in total. The maximum absolute atomic E-state index is 13.3. The molecule has 0 bridgehead atoms. The van der Waals surface area contributed by atoms with Crippen LogP contribution >= 0.6 is 11.6 Å². The highest BCUT2D eigenvalue weighted by molar-refractivity contribution is 6.31. The lowest BCUT2D eigenvalue weighted by molar-refractivity contribution is 0.0947.